The lowest BCUT2D eigenvalue weighted by molar-refractivity contribution is 0.163. The molecule has 0 aliphatic heterocycles. The van der Waals surface area contributed by atoms with Gasteiger partial charge in [-0.3, -0.25) is 4.98 Å². The zero-order chi connectivity index (χ0) is 10.4. The van der Waals surface area contributed by atoms with Gasteiger partial charge >= 0.3 is 0 Å². The molecule has 1 rings (SSSR count). The second kappa shape index (κ2) is 5.36. The molecular weight excluding hydrogens is 188 g/mol. The third-order valence-electron chi connectivity index (χ3n) is 1.58. The number of aromatic nitrogens is 1. The molecule has 3 nitrogen and oxygen atoms in total. The first kappa shape index (κ1) is 10.7. The number of halogens is 2. The lowest BCUT2D eigenvalue weighted by Crippen LogP contribution is -2.10. The van der Waals surface area contributed by atoms with E-state index in [2.05, 4.69) is 15.6 Å². The third-order valence-corrected chi connectivity index (χ3v) is 1.58. The van der Waals surface area contributed by atoms with Gasteiger partial charge in [0, 0.05) is 6.54 Å². The molecule has 1 aromatic rings. The summed E-state index contributed by atoms with van der Waals surface area (Å²) >= 11 is 0. The maximum atomic E-state index is 11.9. The number of pyridine rings is 1. The Kier molecular flexibility index (Phi) is 4.10. The van der Waals surface area contributed by atoms with Gasteiger partial charge in [-0.15, -0.1) is 0 Å². The van der Waals surface area contributed by atoms with E-state index in [0.717, 1.165) is 12.2 Å². The predicted molar refractivity (Wildman–Crippen MR) is 52.9 cm³/mol. The van der Waals surface area contributed by atoms with Crippen LogP contribution in [0.1, 0.15) is 6.92 Å². The zero-order valence-electron chi connectivity index (χ0n) is 7.93. The number of alkyl halides is 2. The highest BCUT2D eigenvalue weighted by Crippen LogP contribution is 2.12. The van der Waals surface area contributed by atoms with Crippen molar-refractivity contribution in [3.63, 3.8) is 0 Å². The molecule has 0 aromatic carbocycles. The summed E-state index contributed by atoms with van der Waals surface area (Å²) in [7, 11) is 0. The number of hydrogen-bond donors (Lipinski definition) is 2. The van der Waals surface area contributed by atoms with Gasteiger partial charge in [0.25, 0.3) is 6.43 Å². The molecule has 5 heteroatoms. The fourth-order valence-electron chi connectivity index (χ4n) is 1.03. The normalized spacial score (nSPS) is 10.3. The number of anilines is 2. The van der Waals surface area contributed by atoms with Crippen molar-refractivity contribution in [3.05, 3.63) is 18.5 Å². The molecule has 1 heterocycles. The van der Waals surface area contributed by atoms with E-state index in [1.807, 2.05) is 6.92 Å². The molecule has 0 saturated carbocycles. The lowest BCUT2D eigenvalue weighted by Gasteiger charge is -2.07. The molecule has 78 valence electrons. The van der Waals surface area contributed by atoms with Crippen molar-refractivity contribution in [2.24, 2.45) is 0 Å². The molecule has 0 aliphatic carbocycles. The van der Waals surface area contributed by atoms with E-state index in [4.69, 9.17) is 0 Å². The van der Waals surface area contributed by atoms with Crippen LogP contribution >= 0.6 is 0 Å². The van der Waals surface area contributed by atoms with Crippen LogP contribution < -0.4 is 10.6 Å². The first-order valence-electron chi connectivity index (χ1n) is 4.43. The van der Waals surface area contributed by atoms with Crippen molar-refractivity contribution in [2.45, 2.75) is 13.3 Å². The Hall–Kier alpha value is -1.39. The van der Waals surface area contributed by atoms with E-state index >= 15 is 0 Å². The lowest BCUT2D eigenvalue weighted by atomic mass is 10.3. The highest BCUT2D eigenvalue weighted by atomic mass is 19.3. The van der Waals surface area contributed by atoms with Gasteiger partial charge in [-0.05, 0) is 13.0 Å². The number of nitrogens with one attached hydrogen (secondary N) is 2. The Morgan fingerprint density at radius 3 is 2.50 bits per heavy atom. The molecule has 14 heavy (non-hydrogen) atoms. The van der Waals surface area contributed by atoms with Crippen LogP contribution in [0.15, 0.2) is 18.5 Å². The summed E-state index contributed by atoms with van der Waals surface area (Å²) in [6.45, 7) is 2.39. The molecule has 0 spiro atoms. The molecule has 0 aliphatic rings. The Labute approximate surface area is 81.5 Å². The first-order valence-corrected chi connectivity index (χ1v) is 4.43. The molecule has 0 bridgehead atoms. The minimum Gasteiger partial charge on any atom is -0.384 e. The summed E-state index contributed by atoms with van der Waals surface area (Å²) in [6, 6.07) is 1.75. The average molecular weight is 201 g/mol. The van der Waals surface area contributed by atoms with Gasteiger partial charge in [0.05, 0.1) is 30.3 Å². The van der Waals surface area contributed by atoms with E-state index in [1.165, 1.54) is 6.20 Å². The molecule has 0 fully saturated rings. The van der Waals surface area contributed by atoms with Crippen LogP contribution in [-0.2, 0) is 0 Å². The van der Waals surface area contributed by atoms with Crippen LogP contribution in [0.2, 0.25) is 0 Å². The molecule has 0 unspecified atom stereocenters. The van der Waals surface area contributed by atoms with Crippen molar-refractivity contribution in [3.8, 4) is 0 Å². The second-order valence-electron chi connectivity index (χ2n) is 2.76. The molecule has 0 radical (unpaired) electrons. The summed E-state index contributed by atoms with van der Waals surface area (Å²) in [5, 5.41) is 5.64. The number of rotatable bonds is 5. The van der Waals surface area contributed by atoms with E-state index < -0.39 is 6.43 Å². The van der Waals surface area contributed by atoms with Crippen LogP contribution in [0, 0.1) is 0 Å². The first-order chi connectivity index (χ1) is 6.72. The minimum absolute atomic E-state index is 0.350. The van der Waals surface area contributed by atoms with Crippen LogP contribution in [-0.4, -0.2) is 24.5 Å². The van der Waals surface area contributed by atoms with Crippen molar-refractivity contribution in [1.29, 1.82) is 0 Å². The predicted octanol–water partition coefficient (Wildman–Crippen LogP) is 2.19. The van der Waals surface area contributed by atoms with Gasteiger partial charge < -0.3 is 10.6 Å². The standard InChI is InChI=1S/C9H13F2N3/c1-2-13-7-3-8(5-12-4-7)14-6-9(10)11/h3-5,9,13-14H,2,6H2,1H3. The molecule has 0 saturated heterocycles. The Bertz CT molecular complexity index is 279. The van der Waals surface area contributed by atoms with Crippen LogP contribution in [0.4, 0.5) is 20.2 Å². The molecule has 1 aromatic heterocycles. The quantitative estimate of drug-likeness (QED) is 0.766. The monoisotopic (exact) mass is 201 g/mol. The molecule has 2 N–H and O–H groups in total. The number of hydrogen-bond acceptors (Lipinski definition) is 3. The maximum absolute atomic E-state index is 11.9. The van der Waals surface area contributed by atoms with Gasteiger partial charge in [-0.25, -0.2) is 8.78 Å². The van der Waals surface area contributed by atoms with Crippen LogP contribution in [0.3, 0.4) is 0 Å². The summed E-state index contributed by atoms with van der Waals surface area (Å²) in [5.41, 5.74) is 1.43. The summed E-state index contributed by atoms with van der Waals surface area (Å²) in [5.74, 6) is 0. The summed E-state index contributed by atoms with van der Waals surface area (Å²) in [6.07, 6.45) is 0.818. The minimum atomic E-state index is -2.35. The second-order valence-corrected chi connectivity index (χ2v) is 2.76. The van der Waals surface area contributed by atoms with E-state index in [0.29, 0.717) is 5.69 Å². The maximum Gasteiger partial charge on any atom is 0.255 e. The van der Waals surface area contributed by atoms with E-state index in [1.54, 1.807) is 12.3 Å². The van der Waals surface area contributed by atoms with Gasteiger partial charge in [-0.1, -0.05) is 0 Å². The number of nitrogens with zero attached hydrogens (tertiary/aromatic N) is 1. The van der Waals surface area contributed by atoms with Crippen molar-refractivity contribution >= 4 is 11.4 Å². The van der Waals surface area contributed by atoms with Crippen LogP contribution in [0.5, 0.6) is 0 Å². The smallest absolute Gasteiger partial charge is 0.255 e. The van der Waals surface area contributed by atoms with Crippen LogP contribution in [0.25, 0.3) is 0 Å². The average Bonchev–Trinajstić information content (AvgIpc) is 2.16. The van der Waals surface area contributed by atoms with Gasteiger partial charge in [0.15, 0.2) is 0 Å². The van der Waals surface area contributed by atoms with Crippen molar-refractivity contribution in [2.75, 3.05) is 23.7 Å². The highest BCUT2D eigenvalue weighted by Gasteiger charge is 2.01. The fourth-order valence-corrected chi connectivity index (χ4v) is 1.03. The molecule has 0 atom stereocenters. The third kappa shape index (κ3) is 3.55. The van der Waals surface area contributed by atoms with Crippen molar-refractivity contribution in [1.82, 2.24) is 4.98 Å². The van der Waals surface area contributed by atoms with Gasteiger partial charge in [0.2, 0.25) is 0 Å². The Balaban J connectivity index is 2.54. The van der Waals surface area contributed by atoms with E-state index in [-0.39, 0.29) is 6.54 Å². The van der Waals surface area contributed by atoms with Gasteiger partial charge in [-0.2, -0.15) is 0 Å². The molecule has 0 amide bonds. The SMILES string of the molecule is CCNc1cncc(NCC(F)F)c1. The zero-order valence-corrected chi connectivity index (χ0v) is 7.93. The summed E-state index contributed by atoms with van der Waals surface area (Å²) in [4.78, 5) is 3.91. The van der Waals surface area contributed by atoms with Crippen molar-refractivity contribution < 1.29 is 8.78 Å². The Morgan fingerprint density at radius 1 is 1.29 bits per heavy atom. The fraction of sp³-hybridized carbons (Fsp3) is 0.444. The highest BCUT2D eigenvalue weighted by molar-refractivity contribution is 5.53. The topological polar surface area (TPSA) is 37.0 Å². The molecular formula is C9H13F2N3. The summed E-state index contributed by atoms with van der Waals surface area (Å²) < 4.78 is 23.7. The van der Waals surface area contributed by atoms with Gasteiger partial charge in [0.1, 0.15) is 0 Å². The largest absolute Gasteiger partial charge is 0.384 e. The van der Waals surface area contributed by atoms with E-state index in [9.17, 15) is 8.78 Å². The Morgan fingerprint density at radius 2 is 1.93 bits per heavy atom.